The van der Waals surface area contributed by atoms with Crippen molar-refractivity contribution in [3.05, 3.63) is 58.7 Å². The third-order valence-electron chi connectivity index (χ3n) is 4.81. The Hall–Kier alpha value is -1.96. The minimum atomic E-state index is 0. The molecule has 6 heteroatoms. The molecular weight excluding hydrogens is 465 g/mol. The predicted molar refractivity (Wildman–Crippen MR) is 126 cm³/mol. The molecule has 0 bridgehead atoms. The molecule has 1 aliphatic rings. The van der Waals surface area contributed by atoms with Crippen LogP contribution in [0.4, 0.5) is 0 Å². The quantitative estimate of drug-likeness (QED) is 0.351. The van der Waals surface area contributed by atoms with Crippen LogP contribution in [0.3, 0.4) is 0 Å². The zero-order chi connectivity index (χ0) is 19.1. The number of halogens is 1. The third kappa shape index (κ3) is 6.02. The van der Waals surface area contributed by atoms with Crippen LogP contribution < -0.4 is 20.1 Å². The van der Waals surface area contributed by atoms with Crippen molar-refractivity contribution in [1.82, 2.24) is 10.6 Å². The average molecular weight is 495 g/mol. The smallest absolute Gasteiger partial charge is 0.190 e. The normalized spacial score (nSPS) is 12.6. The second kappa shape index (κ2) is 11.1. The van der Waals surface area contributed by atoms with E-state index in [2.05, 4.69) is 52.9 Å². The Balaban J connectivity index is 0.00000280. The number of nitrogens with one attached hydrogen (secondary N) is 2. The van der Waals surface area contributed by atoms with E-state index in [9.17, 15) is 0 Å². The lowest BCUT2D eigenvalue weighted by atomic mass is 10.1. The molecule has 0 amide bonds. The van der Waals surface area contributed by atoms with Gasteiger partial charge in [0.25, 0.3) is 0 Å². The van der Waals surface area contributed by atoms with Crippen LogP contribution in [-0.2, 0) is 19.3 Å². The lowest BCUT2D eigenvalue weighted by Crippen LogP contribution is -2.39. The number of aliphatic imine (C=N–C) groups is 1. The van der Waals surface area contributed by atoms with Gasteiger partial charge in [-0.3, -0.25) is 4.99 Å². The monoisotopic (exact) mass is 495 g/mol. The van der Waals surface area contributed by atoms with Gasteiger partial charge in [-0.2, -0.15) is 0 Å². The van der Waals surface area contributed by atoms with E-state index in [1.54, 1.807) is 14.2 Å². The second-order valence-electron chi connectivity index (χ2n) is 6.78. The summed E-state index contributed by atoms with van der Waals surface area (Å²) in [7, 11) is 3.52. The summed E-state index contributed by atoms with van der Waals surface area (Å²) in [4.78, 5) is 4.31. The summed E-state index contributed by atoms with van der Waals surface area (Å²) in [5.74, 6) is 2.80. The highest BCUT2D eigenvalue weighted by atomic mass is 127. The number of hydrogen-bond donors (Lipinski definition) is 2. The standard InChI is InChI=1S/C22H29N3O2.HI/c1-16-4-6-20(26-3)18(14-16)9-12-25-22(23-2)24-11-8-17-5-7-21-19(15-17)10-13-27-21;/h4-7,14-15H,8-13H2,1-3H3,(H2,23,24,25);1H. The van der Waals surface area contributed by atoms with Gasteiger partial charge in [0, 0.05) is 26.6 Å². The number of ether oxygens (including phenoxy) is 2. The fourth-order valence-corrected chi connectivity index (χ4v) is 3.36. The number of fused-ring (bicyclic) bond motifs is 1. The van der Waals surface area contributed by atoms with E-state index in [1.165, 1.54) is 22.3 Å². The Labute approximate surface area is 184 Å². The summed E-state index contributed by atoms with van der Waals surface area (Å²) in [6.45, 7) is 4.55. The molecule has 0 saturated heterocycles. The summed E-state index contributed by atoms with van der Waals surface area (Å²) < 4.78 is 11.0. The van der Waals surface area contributed by atoms with Gasteiger partial charge in [-0.05, 0) is 48.6 Å². The fraction of sp³-hybridized carbons (Fsp3) is 0.409. The highest BCUT2D eigenvalue weighted by molar-refractivity contribution is 14.0. The summed E-state index contributed by atoms with van der Waals surface area (Å²) in [5, 5.41) is 6.77. The topological polar surface area (TPSA) is 54.9 Å². The minimum absolute atomic E-state index is 0. The summed E-state index contributed by atoms with van der Waals surface area (Å²) >= 11 is 0. The molecule has 0 fully saturated rings. The number of methoxy groups -OCH3 is 1. The average Bonchev–Trinajstić information content (AvgIpc) is 3.15. The molecule has 0 unspecified atom stereocenters. The number of rotatable bonds is 7. The van der Waals surface area contributed by atoms with Gasteiger partial charge in [0.05, 0.1) is 13.7 Å². The van der Waals surface area contributed by atoms with E-state index in [0.29, 0.717) is 0 Å². The van der Waals surface area contributed by atoms with Crippen LogP contribution in [0.1, 0.15) is 22.3 Å². The first-order valence-corrected chi connectivity index (χ1v) is 9.52. The van der Waals surface area contributed by atoms with Crippen LogP contribution in [0.15, 0.2) is 41.4 Å². The molecule has 2 aromatic rings. The van der Waals surface area contributed by atoms with Gasteiger partial charge < -0.3 is 20.1 Å². The molecule has 0 spiro atoms. The van der Waals surface area contributed by atoms with Gasteiger partial charge >= 0.3 is 0 Å². The summed E-state index contributed by atoms with van der Waals surface area (Å²) in [6.07, 6.45) is 2.86. The highest BCUT2D eigenvalue weighted by Gasteiger charge is 2.11. The Bertz CT molecular complexity index is 808. The maximum absolute atomic E-state index is 5.56. The van der Waals surface area contributed by atoms with Crippen molar-refractivity contribution in [2.24, 2.45) is 4.99 Å². The van der Waals surface area contributed by atoms with E-state index in [1.807, 2.05) is 6.07 Å². The molecule has 0 aromatic heterocycles. The van der Waals surface area contributed by atoms with Crippen molar-refractivity contribution in [2.45, 2.75) is 26.2 Å². The van der Waals surface area contributed by atoms with Gasteiger partial charge in [-0.15, -0.1) is 24.0 Å². The first kappa shape index (κ1) is 22.3. The molecule has 28 heavy (non-hydrogen) atoms. The second-order valence-corrected chi connectivity index (χ2v) is 6.78. The van der Waals surface area contributed by atoms with E-state index in [4.69, 9.17) is 9.47 Å². The Kier molecular flexibility index (Phi) is 8.89. The fourth-order valence-electron chi connectivity index (χ4n) is 3.36. The van der Waals surface area contributed by atoms with Crippen LogP contribution in [-0.4, -0.2) is 39.8 Å². The zero-order valence-corrected chi connectivity index (χ0v) is 19.2. The minimum Gasteiger partial charge on any atom is -0.496 e. The Morgan fingerprint density at radius 3 is 2.64 bits per heavy atom. The lowest BCUT2D eigenvalue weighted by Gasteiger charge is -2.14. The number of benzene rings is 2. The van der Waals surface area contributed by atoms with Crippen molar-refractivity contribution in [2.75, 3.05) is 33.9 Å². The van der Waals surface area contributed by atoms with Gasteiger partial charge in [0.15, 0.2) is 5.96 Å². The Morgan fingerprint density at radius 2 is 1.89 bits per heavy atom. The number of nitrogens with zero attached hydrogens (tertiary/aromatic N) is 1. The van der Waals surface area contributed by atoms with Crippen LogP contribution in [0.25, 0.3) is 0 Å². The van der Waals surface area contributed by atoms with Crippen LogP contribution in [0.5, 0.6) is 11.5 Å². The van der Waals surface area contributed by atoms with Gasteiger partial charge in [-0.1, -0.05) is 29.8 Å². The summed E-state index contributed by atoms with van der Waals surface area (Å²) in [6, 6.07) is 12.8. The van der Waals surface area contributed by atoms with E-state index < -0.39 is 0 Å². The molecule has 0 saturated carbocycles. The van der Waals surface area contributed by atoms with Crippen LogP contribution >= 0.6 is 24.0 Å². The molecule has 152 valence electrons. The Morgan fingerprint density at radius 1 is 1.11 bits per heavy atom. The third-order valence-corrected chi connectivity index (χ3v) is 4.81. The molecule has 1 heterocycles. The molecule has 3 rings (SSSR count). The van der Waals surface area contributed by atoms with E-state index in [0.717, 1.165) is 56.4 Å². The highest BCUT2D eigenvalue weighted by Crippen LogP contribution is 2.25. The maximum atomic E-state index is 5.56. The molecule has 0 atom stereocenters. The lowest BCUT2D eigenvalue weighted by molar-refractivity contribution is 0.357. The van der Waals surface area contributed by atoms with Crippen molar-refractivity contribution in [1.29, 1.82) is 0 Å². The molecule has 5 nitrogen and oxygen atoms in total. The molecular formula is C22H30IN3O2. The molecule has 0 aliphatic carbocycles. The van der Waals surface area contributed by atoms with Crippen molar-refractivity contribution < 1.29 is 9.47 Å². The van der Waals surface area contributed by atoms with E-state index in [-0.39, 0.29) is 24.0 Å². The number of guanidine groups is 1. The molecule has 2 N–H and O–H groups in total. The van der Waals surface area contributed by atoms with Crippen LogP contribution in [0.2, 0.25) is 0 Å². The van der Waals surface area contributed by atoms with Crippen molar-refractivity contribution in [3.63, 3.8) is 0 Å². The molecule has 0 radical (unpaired) electrons. The molecule has 1 aliphatic heterocycles. The number of hydrogen-bond acceptors (Lipinski definition) is 3. The predicted octanol–water partition coefficient (Wildman–Crippen LogP) is 3.51. The molecule has 2 aromatic carbocycles. The number of aryl methyl sites for hydroxylation is 1. The van der Waals surface area contributed by atoms with Gasteiger partial charge in [0.1, 0.15) is 11.5 Å². The largest absolute Gasteiger partial charge is 0.496 e. The SMILES string of the molecule is CN=C(NCCc1ccc2c(c1)CCO2)NCCc1cc(C)ccc1OC.I. The van der Waals surface area contributed by atoms with Crippen molar-refractivity contribution >= 4 is 29.9 Å². The first-order chi connectivity index (χ1) is 13.2. The van der Waals surface area contributed by atoms with Crippen molar-refractivity contribution in [3.8, 4) is 11.5 Å². The zero-order valence-electron chi connectivity index (χ0n) is 16.9. The van der Waals surface area contributed by atoms with E-state index >= 15 is 0 Å². The van der Waals surface area contributed by atoms with Crippen LogP contribution in [0, 0.1) is 6.92 Å². The maximum Gasteiger partial charge on any atom is 0.190 e. The first-order valence-electron chi connectivity index (χ1n) is 9.52. The van der Waals surface area contributed by atoms with Gasteiger partial charge in [0.2, 0.25) is 0 Å². The summed E-state index contributed by atoms with van der Waals surface area (Å²) in [5.41, 5.74) is 5.10. The van der Waals surface area contributed by atoms with Gasteiger partial charge in [-0.25, -0.2) is 0 Å².